The molecule has 154 valence electrons. The Bertz CT molecular complexity index is 1170. The number of aromatic nitrogens is 1. The van der Waals surface area contributed by atoms with Gasteiger partial charge in [-0.1, -0.05) is 30.3 Å². The quantitative estimate of drug-likeness (QED) is 0.567. The smallest absolute Gasteiger partial charge is 0.256 e. The van der Waals surface area contributed by atoms with Gasteiger partial charge in [0.1, 0.15) is 5.82 Å². The number of aryl methyl sites for hydroxylation is 1. The van der Waals surface area contributed by atoms with Crippen LogP contribution >= 0.6 is 0 Å². The predicted molar refractivity (Wildman–Crippen MR) is 114 cm³/mol. The highest BCUT2D eigenvalue weighted by Gasteiger charge is 2.14. The van der Waals surface area contributed by atoms with E-state index in [1.165, 1.54) is 31.2 Å². The molecule has 1 heterocycles. The molecule has 0 saturated heterocycles. The number of carbonyl (C=O) groups is 2. The maximum Gasteiger partial charge on any atom is 0.256 e. The van der Waals surface area contributed by atoms with Crippen molar-refractivity contribution in [3.63, 3.8) is 0 Å². The fraction of sp³-hybridized carbons (Fsp3) is 0.136. The lowest BCUT2D eigenvalue weighted by molar-refractivity contribution is 0.101. The minimum absolute atomic E-state index is 0.0675. The average molecular weight is 423 g/mol. The molecule has 0 bridgehead atoms. The third kappa shape index (κ3) is 5.16. The summed E-state index contributed by atoms with van der Waals surface area (Å²) in [6.45, 7) is 3.34. The molecule has 2 aromatic carbocycles. The zero-order chi connectivity index (χ0) is 21.7. The second-order valence-electron chi connectivity index (χ2n) is 6.73. The van der Waals surface area contributed by atoms with Gasteiger partial charge in [-0.25, -0.2) is 18.1 Å². The maximum absolute atomic E-state index is 12.4. The number of ketones is 1. The number of carbonyl (C=O) groups excluding carboxylic acids is 2. The van der Waals surface area contributed by atoms with E-state index in [9.17, 15) is 18.0 Å². The number of rotatable bonds is 7. The molecule has 0 fully saturated rings. The van der Waals surface area contributed by atoms with Crippen LogP contribution in [0.25, 0.3) is 0 Å². The number of benzene rings is 2. The Labute approximate surface area is 175 Å². The van der Waals surface area contributed by atoms with Crippen LogP contribution in [0, 0.1) is 6.92 Å². The Hall–Kier alpha value is -3.36. The van der Waals surface area contributed by atoms with E-state index < -0.39 is 10.0 Å². The van der Waals surface area contributed by atoms with E-state index in [1.807, 2.05) is 13.0 Å². The molecule has 3 rings (SSSR count). The largest absolute Gasteiger partial charge is 0.306 e. The van der Waals surface area contributed by atoms with Crippen LogP contribution in [0.5, 0.6) is 0 Å². The number of pyridine rings is 1. The number of nitrogens with one attached hydrogen (secondary N) is 2. The van der Waals surface area contributed by atoms with Crippen LogP contribution in [-0.2, 0) is 16.6 Å². The minimum Gasteiger partial charge on any atom is -0.306 e. The molecule has 30 heavy (non-hydrogen) atoms. The summed E-state index contributed by atoms with van der Waals surface area (Å²) in [5.41, 5.74) is 2.44. The minimum atomic E-state index is -3.72. The second-order valence-corrected chi connectivity index (χ2v) is 8.49. The van der Waals surface area contributed by atoms with E-state index in [4.69, 9.17) is 0 Å². The lowest BCUT2D eigenvalue weighted by Gasteiger charge is -2.09. The van der Waals surface area contributed by atoms with Gasteiger partial charge in [-0.15, -0.1) is 0 Å². The zero-order valence-electron chi connectivity index (χ0n) is 16.5. The Balaban J connectivity index is 1.63. The Morgan fingerprint density at radius 2 is 1.57 bits per heavy atom. The van der Waals surface area contributed by atoms with Gasteiger partial charge in [-0.2, -0.15) is 0 Å². The molecule has 0 unspecified atom stereocenters. The Morgan fingerprint density at radius 3 is 2.17 bits per heavy atom. The number of amides is 1. The van der Waals surface area contributed by atoms with Crippen LogP contribution < -0.4 is 10.0 Å². The van der Waals surface area contributed by atoms with E-state index in [1.54, 1.807) is 36.5 Å². The molecule has 0 atom stereocenters. The summed E-state index contributed by atoms with van der Waals surface area (Å²) in [6.07, 6.45) is 1.60. The summed E-state index contributed by atoms with van der Waals surface area (Å²) in [5.74, 6) is 0.0684. The SMILES string of the molecule is CC(=O)c1ccc(S(=O)(=O)NCc2ccc(C(=O)Nc3ncccc3C)cc2)cc1. The number of sulfonamides is 1. The molecule has 0 aliphatic rings. The summed E-state index contributed by atoms with van der Waals surface area (Å²) >= 11 is 0. The summed E-state index contributed by atoms with van der Waals surface area (Å²) < 4.78 is 27.4. The summed E-state index contributed by atoms with van der Waals surface area (Å²) in [7, 11) is -3.72. The van der Waals surface area contributed by atoms with E-state index in [-0.39, 0.29) is 23.1 Å². The maximum atomic E-state index is 12.4. The normalized spacial score (nSPS) is 11.1. The van der Waals surface area contributed by atoms with Crippen molar-refractivity contribution in [2.75, 3.05) is 5.32 Å². The predicted octanol–water partition coefficient (Wildman–Crippen LogP) is 3.32. The van der Waals surface area contributed by atoms with Gasteiger partial charge in [0.2, 0.25) is 10.0 Å². The molecule has 1 aromatic heterocycles. The monoisotopic (exact) mass is 423 g/mol. The third-order valence-corrected chi connectivity index (χ3v) is 5.91. The summed E-state index contributed by atoms with van der Waals surface area (Å²) in [5, 5.41) is 2.75. The highest BCUT2D eigenvalue weighted by atomic mass is 32.2. The Morgan fingerprint density at radius 1 is 0.933 bits per heavy atom. The fourth-order valence-electron chi connectivity index (χ4n) is 2.70. The number of hydrogen-bond acceptors (Lipinski definition) is 5. The van der Waals surface area contributed by atoms with Crippen molar-refractivity contribution in [1.29, 1.82) is 0 Å². The van der Waals surface area contributed by atoms with E-state index in [2.05, 4.69) is 15.0 Å². The zero-order valence-corrected chi connectivity index (χ0v) is 17.4. The molecule has 7 nitrogen and oxygen atoms in total. The van der Waals surface area contributed by atoms with Gasteiger partial charge in [-0.05, 0) is 55.3 Å². The van der Waals surface area contributed by atoms with Crippen molar-refractivity contribution in [2.45, 2.75) is 25.3 Å². The highest BCUT2D eigenvalue weighted by molar-refractivity contribution is 7.89. The van der Waals surface area contributed by atoms with Crippen molar-refractivity contribution < 1.29 is 18.0 Å². The van der Waals surface area contributed by atoms with Gasteiger partial charge in [0.15, 0.2) is 5.78 Å². The lowest BCUT2D eigenvalue weighted by atomic mass is 10.1. The molecule has 0 aliphatic carbocycles. The summed E-state index contributed by atoms with van der Waals surface area (Å²) in [4.78, 5) is 27.9. The second kappa shape index (κ2) is 8.98. The molecule has 2 N–H and O–H groups in total. The van der Waals surface area contributed by atoms with Crippen LogP contribution in [-0.4, -0.2) is 25.1 Å². The van der Waals surface area contributed by atoms with Gasteiger partial charge in [0.25, 0.3) is 5.91 Å². The highest BCUT2D eigenvalue weighted by Crippen LogP contribution is 2.14. The molecule has 3 aromatic rings. The topological polar surface area (TPSA) is 105 Å². The molecule has 0 radical (unpaired) electrons. The van der Waals surface area contributed by atoms with E-state index >= 15 is 0 Å². The molecule has 0 aliphatic heterocycles. The molecule has 0 saturated carbocycles. The standard InChI is InChI=1S/C22H21N3O4S/c1-15-4-3-13-23-21(15)25-22(27)19-7-5-17(6-8-19)14-24-30(28,29)20-11-9-18(10-12-20)16(2)26/h3-13,24H,14H2,1-2H3,(H,23,25,27). The molecule has 0 spiro atoms. The van der Waals surface area contributed by atoms with Crippen LogP contribution in [0.2, 0.25) is 0 Å². The van der Waals surface area contributed by atoms with Gasteiger partial charge < -0.3 is 5.32 Å². The number of hydrogen-bond donors (Lipinski definition) is 2. The van der Waals surface area contributed by atoms with Gasteiger partial charge in [0, 0.05) is 23.9 Å². The van der Waals surface area contributed by atoms with Crippen molar-refractivity contribution in [2.24, 2.45) is 0 Å². The van der Waals surface area contributed by atoms with Crippen molar-refractivity contribution in [1.82, 2.24) is 9.71 Å². The first kappa shape index (κ1) is 21.4. The number of anilines is 1. The third-order valence-electron chi connectivity index (χ3n) is 4.49. The van der Waals surface area contributed by atoms with Crippen LogP contribution in [0.15, 0.2) is 71.8 Å². The lowest BCUT2D eigenvalue weighted by Crippen LogP contribution is -2.23. The molecular formula is C22H21N3O4S. The van der Waals surface area contributed by atoms with Gasteiger partial charge in [-0.3, -0.25) is 9.59 Å². The Kier molecular flexibility index (Phi) is 6.39. The average Bonchev–Trinajstić information content (AvgIpc) is 2.74. The van der Waals surface area contributed by atoms with Crippen molar-refractivity contribution in [3.05, 3.63) is 89.1 Å². The molecule has 8 heteroatoms. The first-order chi connectivity index (χ1) is 14.3. The first-order valence-electron chi connectivity index (χ1n) is 9.19. The van der Waals surface area contributed by atoms with Crippen LogP contribution in [0.3, 0.4) is 0 Å². The molecule has 1 amide bonds. The number of nitrogens with zero attached hydrogens (tertiary/aromatic N) is 1. The van der Waals surface area contributed by atoms with Crippen molar-refractivity contribution >= 4 is 27.5 Å². The van der Waals surface area contributed by atoms with E-state index in [0.717, 1.165) is 5.56 Å². The first-order valence-corrected chi connectivity index (χ1v) is 10.7. The fourth-order valence-corrected chi connectivity index (χ4v) is 3.72. The molecular weight excluding hydrogens is 402 g/mol. The van der Waals surface area contributed by atoms with E-state index in [0.29, 0.717) is 22.5 Å². The summed E-state index contributed by atoms with van der Waals surface area (Å²) in [6, 6.07) is 16.0. The number of Topliss-reactive ketones (excluding diaryl/α,β-unsaturated/α-hetero) is 1. The van der Waals surface area contributed by atoms with Crippen molar-refractivity contribution in [3.8, 4) is 0 Å². The van der Waals surface area contributed by atoms with Crippen LogP contribution in [0.4, 0.5) is 5.82 Å². The van der Waals surface area contributed by atoms with Gasteiger partial charge in [0.05, 0.1) is 4.90 Å². The van der Waals surface area contributed by atoms with Gasteiger partial charge >= 0.3 is 0 Å². The van der Waals surface area contributed by atoms with Crippen LogP contribution in [0.1, 0.15) is 38.8 Å².